The zero-order valence-electron chi connectivity index (χ0n) is 12.3. The molecule has 0 radical (unpaired) electrons. The second-order valence-corrected chi connectivity index (χ2v) is 6.46. The van der Waals surface area contributed by atoms with Crippen LogP contribution in [0.25, 0.3) is 16.6 Å². The van der Waals surface area contributed by atoms with Crippen LogP contribution in [0.2, 0.25) is 5.02 Å². The lowest BCUT2D eigenvalue weighted by molar-refractivity contribution is 0.112. The number of fused-ring (bicyclic) bond motifs is 1. The highest BCUT2D eigenvalue weighted by molar-refractivity contribution is 7.12. The molecule has 0 spiro atoms. The number of thiophene rings is 1. The number of nitrogens with zero attached hydrogens (tertiary/aromatic N) is 3. The van der Waals surface area contributed by atoms with E-state index < -0.39 is 0 Å². The number of anilines is 2. The van der Waals surface area contributed by atoms with Gasteiger partial charge in [0.1, 0.15) is 5.82 Å². The second kappa shape index (κ2) is 6.07. The highest BCUT2D eigenvalue weighted by Crippen LogP contribution is 2.27. The van der Waals surface area contributed by atoms with Gasteiger partial charge in [-0.15, -0.1) is 11.3 Å². The molecule has 0 atom stereocenters. The van der Waals surface area contributed by atoms with Crippen LogP contribution < -0.4 is 5.32 Å². The van der Waals surface area contributed by atoms with E-state index >= 15 is 0 Å². The van der Waals surface area contributed by atoms with Gasteiger partial charge in [0.05, 0.1) is 39.2 Å². The van der Waals surface area contributed by atoms with E-state index in [4.69, 9.17) is 11.6 Å². The van der Waals surface area contributed by atoms with Gasteiger partial charge >= 0.3 is 0 Å². The number of carbonyl (C=O) groups excluding carboxylic acids is 1. The van der Waals surface area contributed by atoms with Gasteiger partial charge in [-0.3, -0.25) is 4.79 Å². The summed E-state index contributed by atoms with van der Waals surface area (Å²) < 4.78 is 1.77. The van der Waals surface area contributed by atoms with Crippen LogP contribution >= 0.6 is 22.9 Å². The normalized spacial score (nSPS) is 10.9. The second-order valence-electron chi connectivity index (χ2n) is 5.11. The number of nitrogens with one attached hydrogen (secondary N) is 1. The molecule has 0 aliphatic rings. The number of hydrogen-bond acceptors (Lipinski definition) is 5. The Kier molecular flexibility index (Phi) is 3.76. The van der Waals surface area contributed by atoms with Crippen LogP contribution in [0.1, 0.15) is 9.67 Å². The Bertz CT molecular complexity index is 1040. The fourth-order valence-corrected chi connectivity index (χ4v) is 3.27. The monoisotopic (exact) mass is 354 g/mol. The van der Waals surface area contributed by atoms with Crippen molar-refractivity contribution in [2.45, 2.75) is 0 Å². The maximum absolute atomic E-state index is 10.8. The number of benzene rings is 1. The molecule has 4 aromatic rings. The van der Waals surface area contributed by atoms with Crippen molar-refractivity contribution in [1.82, 2.24) is 14.8 Å². The third kappa shape index (κ3) is 2.66. The summed E-state index contributed by atoms with van der Waals surface area (Å²) in [7, 11) is 0. The number of para-hydroxylation sites is 1. The number of pyridine rings is 1. The number of carbonyl (C=O) groups is 1. The van der Waals surface area contributed by atoms with Gasteiger partial charge in [0.25, 0.3) is 0 Å². The van der Waals surface area contributed by atoms with Crippen LogP contribution in [-0.2, 0) is 0 Å². The van der Waals surface area contributed by atoms with Crippen LogP contribution in [0.5, 0.6) is 0 Å². The zero-order valence-corrected chi connectivity index (χ0v) is 13.9. The molecule has 0 fully saturated rings. The zero-order chi connectivity index (χ0) is 16.5. The van der Waals surface area contributed by atoms with Gasteiger partial charge in [-0.1, -0.05) is 23.7 Å². The molecule has 3 heterocycles. The minimum absolute atomic E-state index is 0.634. The minimum atomic E-state index is 0.634. The van der Waals surface area contributed by atoms with E-state index in [2.05, 4.69) is 15.4 Å². The molecule has 3 aromatic heterocycles. The Balaban J connectivity index is 1.70. The molecule has 0 saturated carbocycles. The molecule has 118 valence electrons. The Hall–Kier alpha value is -2.70. The Labute approximate surface area is 146 Å². The summed E-state index contributed by atoms with van der Waals surface area (Å²) in [4.78, 5) is 15.9. The van der Waals surface area contributed by atoms with Gasteiger partial charge in [0.2, 0.25) is 0 Å². The Morgan fingerprint density at radius 3 is 2.88 bits per heavy atom. The third-order valence-electron chi connectivity index (χ3n) is 3.56. The molecule has 4 rings (SSSR count). The number of halogens is 1. The van der Waals surface area contributed by atoms with Crippen molar-refractivity contribution in [2.75, 3.05) is 5.32 Å². The van der Waals surface area contributed by atoms with Crippen LogP contribution in [0, 0.1) is 0 Å². The number of aromatic nitrogens is 3. The van der Waals surface area contributed by atoms with Gasteiger partial charge in [0.15, 0.2) is 6.29 Å². The lowest BCUT2D eigenvalue weighted by atomic mass is 10.3. The summed E-state index contributed by atoms with van der Waals surface area (Å²) >= 11 is 7.55. The van der Waals surface area contributed by atoms with E-state index in [1.54, 1.807) is 23.1 Å². The molecular formula is C17H11ClN4OS. The quantitative estimate of drug-likeness (QED) is 0.540. The average molecular weight is 355 g/mol. The number of rotatable bonds is 4. The SMILES string of the molecule is O=Cc1cc(-n2ncc3cc(Nc4ccccc4Cl)ncc32)cs1. The van der Waals surface area contributed by atoms with Crippen LogP contribution in [-0.4, -0.2) is 21.1 Å². The highest BCUT2D eigenvalue weighted by Gasteiger charge is 2.09. The van der Waals surface area contributed by atoms with E-state index in [9.17, 15) is 4.79 Å². The van der Waals surface area contributed by atoms with Crippen molar-refractivity contribution in [3.63, 3.8) is 0 Å². The number of aldehydes is 1. The molecule has 5 nitrogen and oxygen atoms in total. The van der Waals surface area contributed by atoms with Gasteiger partial charge in [0, 0.05) is 10.8 Å². The lowest BCUT2D eigenvalue weighted by Gasteiger charge is -2.07. The molecule has 0 saturated heterocycles. The minimum Gasteiger partial charge on any atom is -0.339 e. The van der Waals surface area contributed by atoms with E-state index in [1.807, 2.05) is 35.7 Å². The predicted molar refractivity (Wildman–Crippen MR) is 96.9 cm³/mol. The fraction of sp³-hybridized carbons (Fsp3) is 0. The molecule has 24 heavy (non-hydrogen) atoms. The van der Waals surface area contributed by atoms with Gasteiger partial charge in [-0.2, -0.15) is 5.10 Å². The predicted octanol–water partition coefficient (Wildman–Crippen LogP) is 4.69. The molecular weight excluding hydrogens is 344 g/mol. The summed E-state index contributed by atoms with van der Waals surface area (Å²) in [6, 6.07) is 11.2. The van der Waals surface area contributed by atoms with Crippen molar-refractivity contribution >= 4 is 51.6 Å². The Morgan fingerprint density at radius 2 is 2.08 bits per heavy atom. The Morgan fingerprint density at radius 1 is 1.21 bits per heavy atom. The summed E-state index contributed by atoms with van der Waals surface area (Å²) in [6.45, 7) is 0. The summed E-state index contributed by atoms with van der Waals surface area (Å²) in [5, 5.41) is 11.1. The topological polar surface area (TPSA) is 59.8 Å². The van der Waals surface area contributed by atoms with Gasteiger partial charge in [-0.25, -0.2) is 9.67 Å². The molecule has 0 aliphatic carbocycles. The molecule has 1 aromatic carbocycles. The van der Waals surface area contributed by atoms with Crippen LogP contribution in [0.4, 0.5) is 11.5 Å². The maximum atomic E-state index is 10.8. The standard InChI is InChI=1S/C17H11ClN4OS/c18-14-3-1-2-4-15(14)21-17-5-11-7-20-22(16(11)8-19-17)12-6-13(9-23)24-10-12/h1-10H,(H,19,21). The van der Waals surface area contributed by atoms with Gasteiger partial charge < -0.3 is 5.32 Å². The first-order valence-corrected chi connectivity index (χ1v) is 8.40. The molecule has 0 aliphatic heterocycles. The molecule has 0 amide bonds. The molecule has 1 N–H and O–H groups in total. The van der Waals surface area contributed by atoms with Crippen molar-refractivity contribution < 1.29 is 4.79 Å². The van der Waals surface area contributed by atoms with Crippen molar-refractivity contribution in [3.8, 4) is 5.69 Å². The molecule has 7 heteroatoms. The first-order valence-electron chi connectivity index (χ1n) is 7.14. The molecule has 0 bridgehead atoms. The fourth-order valence-electron chi connectivity index (χ4n) is 2.42. The first-order chi connectivity index (χ1) is 11.7. The highest BCUT2D eigenvalue weighted by atomic mass is 35.5. The van der Waals surface area contributed by atoms with Crippen LogP contribution in [0.3, 0.4) is 0 Å². The van der Waals surface area contributed by atoms with Crippen molar-refractivity contribution in [1.29, 1.82) is 0 Å². The summed E-state index contributed by atoms with van der Waals surface area (Å²) in [5.41, 5.74) is 2.52. The van der Waals surface area contributed by atoms with Crippen LogP contribution in [0.15, 0.2) is 54.2 Å². The largest absolute Gasteiger partial charge is 0.339 e. The van der Waals surface area contributed by atoms with Crippen molar-refractivity contribution in [3.05, 3.63) is 64.1 Å². The number of hydrogen-bond donors (Lipinski definition) is 1. The lowest BCUT2D eigenvalue weighted by Crippen LogP contribution is -1.96. The summed E-state index contributed by atoms with van der Waals surface area (Å²) in [6.07, 6.45) is 4.36. The van der Waals surface area contributed by atoms with Crippen molar-refractivity contribution in [2.24, 2.45) is 0 Å². The smallest absolute Gasteiger partial charge is 0.160 e. The molecule has 0 unspecified atom stereocenters. The van der Waals surface area contributed by atoms with E-state index in [-0.39, 0.29) is 0 Å². The van der Waals surface area contributed by atoms with E-state index in [0.717, 1.165) is 28.6 Å². The summed E-state index contributed by atoms with van der Waals surface area (Å²) in [5.74, 6) is 0.689. The maximum Gasteiger partial charge on any atom is 0.160 e. The average Bonchev–Trinajstić information content (AvgIpc) is 3.22. The first kappa shape index (κ1) is 14.9. The third-order valence-corrected chi connectivity index (χ3v) is 4.73. The van der Waals surface area contributed by atoms with Gasteiger partial charge in [-0.05, 0) is 24.3 Å². The van der Waals surface area contributed by atoms with E-state index in [0.29, 0.717) is 15.7 Å². The van der Waals surface area contributed by atoms with E-state index in [1.165, 1.54) is 11.3 Å².